The molecule has 0 radical (unpaired) electrons. The number of nitrogens with one attached hydrogen (secondary N) is 1. The van der Waals surface area contributed by atoms with Crippen molar-refractivity contribution in [2.45, 2.75) is 45.8 Å². The second-order valence-corrected chi connectivity index (χ2v) is 10.2. The predicted octanol–water partition coefficient (Wildman–Crippen LogP) is 2.80. The molecule has 9 nitrogen and oxygen atoms in total. The number of hydrogen-bond acceptors (Lipinski definition) is 6. The van der Waals surface area contributed by atoms with Gasteiger partial charge in [0.2, 0.25) is 21.8 Å². The van der Waals surface area contributed by atoms with Crippen LogP contribution in [0.5, 0.6) is 11.5 Å². The molecular weight excluding hydrogens is 470 g/mol. The molecule has 0 unspecified atom stereocenters. The average molecular weight is 506 g/mol. The fourth-order valence-corrected chi connectivity index (χ4v) is 4.19. The summed E-state index contributed by atoms with van der Waals surface area (Å²) in [5.41, 5.74) is 1.10. The molecule has 2 aromatic carbocycles. The Kier molecular flexibility index (Phi) is 9.94. The fourth-order valence-electron chi connectivity index (χ4n) is 3.34. The van der Waals surface area contributed by atoms with E-state index in [1.807, 2.05) is 13.8 Å². The van der Waals surface area contributed by atoms with Gasteiger partial charge in [-0.25, -0.2) is 8.42 Å². The molecule has 2 amide bonds. The van der Waals surface area contributed by atoms with Crippen molar-refractivity contribution in [3.05, 3.63) is 54.1 Å². The van der Waals surface area contributed by atoms with Crippen molar-refractivity contribution in [1.29, 1.82) is 0 Å². The van der Waals surface area contributed by atoms with Gasteiger partial charge in [-0.05, 0) is 62.2 Å². The highest BCUT2D eigenvalue weighted by Gasteiger charge is 2.30. The first-order valence-corrected chi connectivity index (χ1v) is 13.2. The zero-order valence-corrected chi connectivity index (χ0v) is 22.0. The monoisotopic (exact) mass is 505 g/mol. The predicted molar refractivity (Wildman–Crippen MR) is 136 cm³/mol. The number of anilines is 1. The zero-order valence-electron chi connectivity index (χ0n) is 21.1. The number of carbonyl (C=O) groups is 2. The molecule has 0 bridgehead atoms. The molecule has 35 heavy (non-hydrogen) atoms. The van der Waals surface area contributed by atoms with Crippen LogP contribution in [0.1, 0.15) is 32.8 Å². The summed E-state index contributed by atoms with van der Waals surface area (Å²) in [6, 6.07) is 12.6. The molecule has 0 aliphatic heterocycles. The van der Waals surface area contributed by atoms with Gasteiger partial charge in [-0.1, -0.05) is 19.1 Å². The van der Waals surface area contributed by atoms with Crippen LogP contribution in [0, 0.1) is 0 Å². The number of amides is 2. The van der Waals surface area contributed by atoms with Gasteiger partial charge in [0.15, 0.2) is 0 Å². The van der Waals surface area contributed by atoms with E-state index in [1.165, 1.54) is 12.0 Å². The summed E-state index contributed by atoms with van der Waals surface area (Å²) in [6.45, 7) is 5.14. The number of benzene rings is 2. The highest BCUT2D eigenvalue weighted by molar-refractivity contribution is 7.92. The first kappa shape index (κ1) is 28.0. The Balaban J connectivity index is 2.37. The zero-order chi connectivity index (χ0) is 26.2. The second kappa shape index (κ2) is 12.4. The highest BCUT2D eigenvalue weighted by atomic mass is 32.2. The first-order valence-electron chi connectivity index (χ1n) is 11.3. The van der Waals surface area contributed by atoms with E-state index in [9.17, 15) is 18.0 Å². The number of hydrogen-bond donors (Lipinski definition) is 1. The quantitative estimate of drug-likeness (QED) is 0.476. The van der Waals surface area contributed by atoms with E-state index < -0.39 is 28.5 Å². The number of sulfonamides is 1. The van der Waals surface area contributed by atoms with Gasteiger partial charge < -0.3 is 19.7 Å². The van der Waals surface area contributed by atoms with Crippen LogP contribution >= 0.6 is 0 Å². The SMILES string of the molecule is CC[C@H](C)NC(=O)[C@H](C)N(Cc1ccc(OC)cc1)C(=O)CN(c1ccc(OC)cc1)S(C)(=O)=O. The Bertz CT molecular complexity index is 1090. The van der Waals surface area contributed by atoms with Crippen LogP contribution in [-0.2, 0) is 26.2 Å². The Morgan fingerprint density at radius 1 is 0.943 bits per heavy atom. The van der Waals surface area contributed by atoms with Crippen LogP contribution in [0.2, 0.25) is 0 Å². The molecule has 2 atom stereocenters. The van der Waals surface area contributed by atoms with E-state index in [0.717, 1.165) is 22.5 Å². The molecule has 0 saturated carbocycles. The molecule has 0 aromatic heterocycles. The molecule has 192 valence electrons. The lowest BCUT2D eigenvalue weighted by molar-refractivity contribution is -0.139. The third-order valence-corrected chi connectivity index (χ3v) is 6.86. The topological polar surface area (TPSA) is 105 Å². The Morgan fingerprint density at radius 3 is 1.91 bits per heavy atom. The molecule has 0 heterocycles. The van der Waals surface area contributed by atoms with Gasteiger partial charge in [0.05, 0.1) is 26.2 Å². The van der Waals surface area contributed by atoms with Crippen molar-refractivity contribution >= 4 is 27.5 Å². The van der Waals surface area contributed by atoms with Crippen LogP contribution in [0.3, 0.4) is 0 Å². The summed E-state index contributed by atoms with van der Waals surface area (Å²) in [5.74, 6) is 0.410. The number of carbonyl (C=O) groups excluding carboxylic acids is 2. The smallest absolute Gasteiger partial charge is 0.244 e. The first-order chi connectivity index (χ1) is 16.5. The van der Waals surface area contributed by atoms with Crippen molar-refractivity contribution in [2.24, 2.45) is 0 Å². The lowest BCUT2D eigenvalue weighted by Gasteiger charge is -2.32. The van der Waals surface area contributed by atoms with Crippen LogP contribution in [0.15, 0.2) is 48.5 Å². The average Bonchev–Trinajstić information content (AvgIpc) is 2.84. The molecule has 0 fully saturated rings. The minimum atomic E-state index is -3.79. The number of ether oxygens (including phenoxy) is 2. The summed E-state index contributed by atoms with van der Waals surface area (Å²) in [7, 11) is -0.719. The number of methoxy groups -OCH3 is 2. The molecule has 0 aliphatic carbocycles. The summed E-state index contributed by atoms with van der Waals surface area (Å²) >= 11 is 0. The molecule has 0 saturated heterocycles. The molecule has 1 N–H and O–H groups in total. The standard InChI is InChI=1S/C25H35N3O6S/c1-7-18(2)26-25(30)19(3)27(16-20-8-12-22(33-4)13-9-20)24(29)17-28(35(6,31)32)21-10-14-23(34-5)15-11-21/h8-15,18-19H,7,16-17H2,1-6H3,(H,26,30)/t18-,19-/m0/s1. The highest BCUT2D eigenvalue weighted by Crippen LogP contribution is 2.22. The minimum absolute atomic E-state index is 0.0605. The van der Waals surface area contributed by atoms with E-state index in [1.54, 1.807) is 62.6 Å². The van der Waals surface area contributed by atoms with Crippen LogP contribution in [0.25, 0.3) is 0 Å². The van der Waals surface area contributed by atoms with E-state index in [2.05, 4.69) is 5.32 Å². The van der Waals surface area contributed by atoms with Gasteiger partial charge >= 0.3 is 0 Å². The van der Waals surface area contributed by atoms with E-state index in [4.69, 9.17) is 9.47 Å². The molecular formula is C25H35N3O6S. The molecule has 0 spiro atoms. The lowest BCUT2D eigenvalue weighted by atomic mass is 10.1. The maximum atomic E-state index is 13.5. The maximum absolute atomic E-state index is 13.5. The molecule has 2 rings (SSSR count). The lowest BCUT2D eigenvalue weighted by Crippen LogP contribution is -2.52. The van der Waals surface area contributed by atoms with Crippen LogP contribution in [0.4, 0.5) is 5.69 Å². The van der Waals surface area contributed by atoms with Crippen LogP contribution in [-0.4, -0.2) is 64.2 Å². The van der Waals surface area contributed by atoms with Crippen molar-refractivity contribution in [3.8, 4) is 11.5 Å². The second-order valence-electron chi connectivity index (χ2n) is 8.33. The minimum Gasteiger partial charge on any atom is -0.497 e. The van der Waals surface area contributed by atoms with Crippen LogP contribution < -0.4 is 19.1 Å². The van der Waals surface area contributed by atoms with Gasteiger partial charge in [-0.15, -0.1) is 0 Å². The number of rotatable bonds is 12. The van der Waals surface area contributed by atoms with Crippen molar-refractivity contribution in [3.63, 3.8) is 0 Å². The Hall–Kier alpha value is -3.27. The summed E-state index contributed by atoms with van der Waals surface area (Å²) in [5, 5.41) is 2.90. The van der Waals surface area contributed by atoms with Gasteiger partial charge in [0, 0.05) is 12.6 Å². The van der Waals surface area contributed by atoms with Crippen molar-refractivity contribution in [2.75, 3.05) is 31.3 Å². The van der Waals surface area contributed by atoms with E-state index in [0.29, 0.717) is 17.2 Å². The summed E-state index contributed by atoms with van der Waals surface area (Å²) in [6.07, 6.45) is 1.78. The summed E-state index contributed by atoms with van der Waals surface area (Å²) in [4.78, 5) is 27.8. The third kappa shape index (κ3) is 7.88. The largest absolute Gasteiger partial charge is 0.497 e. The van der Waals surface area contributed by atoms with E-state index in [-0.39, 0.29) is 18.5 Å². The van der Waals surface area contributed by atoms with E-state index >= 15 is 0 Å². The van der Waals surface area contributed by atoms with Gasteiger partial charge in [-0.3, -0.25) is 13.9 Å². The molecule has 2 aromatic rings. The maximum Gasteiger partial charge on any atom is 0.244 e. The third-order valence-electron chi connectivity index (χ3n) is 5.72. The normalized spacial score (nSPS) is 12.9. The number of nitrogens with zero attached hydrogens (tertiary/aromatic N) is 2. The molecule has 0 aliphatic rings. The van der Waals surface area contributed by atoms with Crippen molar-refractivity contribution < 1.29 is 27.5 Å². The summed E-state index contributed by atoms with van der Waals surface area (Å²) < 4.78 is 36.5. The van der Waals surface area contributed by atoms with Gasteiger partial charge in [0.25, 0.3) is 0 Å². The van der Waals surface area contributed by atoms with Gasteiger partial charge in [0.1, 0.15) is 24.1 Å². The fraction of sp³-hybridized carbons (Fsp3) is 0.440. The van der Waals surface area contributed by atoms with Crippen molar-refractivity contribution in [1.82, 2.24) is 10.2 Å². The Labute approximate surface area is 208 Å². The van der Waals surface area contributed by atoms with Gasteiger partial charge in [-0.2, -0.15) is 0 Å². The molecule has 10 heteroatoms. The Morgan fingerprint density at radius 2 is 1.46 bits per heavy atom.